The molecule has 7 fully saturated rings. The molecule has 2 saturated heterocycles. The highest BCUT2D eigenvalue weighted by atomic mass is 19.4. The van der Waals surface area contributed by atoms with Crippen molar-refractivity contribution in [3.63, 3.8) is 0 Å². The molecule has 7 rings (SSSR count). The van der Waals surface area contributed by atoms with Crippen LogP contribution < -0.4 is 16.0 Å². The number of amides is 4. The molecule has 2 aliphatic heterocycles. The van der Waals surface area contributed by atoms with E-state index in [1.54, 1.807) is 6.92 Å². The first-order valence-corrected chi connectivity index (χ1v) is 15.4. The molecule has 0 radical (unpaired) electrons. The van der Waals surface area contributed by atoms with Gasteiger partial charge in [0.2, 0.25) is 17.7 Å². The van der Waals surface area contributed by atoms with Gasteiger partial charge in [-0.05, 0) is 80.5 Å². The molecule has 236 valence electrons. The van der Waals surface area contributed by atoms with Gasteiger partial charge < -0.3 is 25.6 Å². The van der Waals surface area contributed by atoms with Gasteiger partial charge in [0.25, 0.3) is 0 Å². The lowest BCUT2D eigenvalue weighted by Crippen LogP contribution is -2.65. The first kappa shape index (κ1) is 30.2. The molecule has 43 heavy (non-hydrogen) atoms. The summed E-state index contributed by atoms with van der Waals surface area (Å²) in [5, 5.41) is 17.4. The molecule has 0 spiro atoms. The summed E-state index contributed by atoms with van der Waals surface area (Å²) in [6.45, 7) is 6.19. The zero-order valence-corrected chi connectivity index (χ0v) is 24.7. The number of nitrogens with zero attached hydrogens (tertiary/aromatic N) is 2. The summed E-state index contributed by atoms with van der Waals surface area (Å²) >= 11 is 0. The maximum absolute atomic E-state index is 14.4. The number of hydrogen-bond acceptors (Lipinski definition) is 6. The van der Waals surface area contributed by atoms with Crippen LogP contribution in [0, 0.1) is 51.8 Å². The Morgan fingerprint density at radius 1 is 1.12 bits per heavy atom. The third-order valence-electron chi connectivity index (χ3n) is 11.4. The molecule has 10 nitrogen and oxygen atoms in total. The molecular formula is C30H40F3N5O5. The number of rotatable bonds is 7. The standard InChI is InChI=1S/C30H40F3N5O5/c1-14-13-43-20(24(39)35-14)7-18(11-34)36-25(40)22-21-19(28(21,2)3)12-38(22)26(41)23(37-27(42)30(31,32)33)29-8-15-4-16(9-29)6-17(5-15)10-29/h14-23H,4-10,12-13H2,1-3H3,(H,35,39)(H,36,40)(H,37,42)/t14?,15?,16?,17?,18-,19-,20?,21-,22-,23?,29?/m0/s1. The third kappa shape index (κ3) is 5.27. The largest absolute Gasteiger partial charge is 0.471 e. The topological polar surface area (TPSA) is 141 Å². The van der Waals surface area contributed by atoms with E-state index in [-0.39, 0.29) is 48.8 Å². The zero-order valence-electron chi connectivity index (χ0n) is 24.7. The molecule has 0 aromatic heterocycles. The highest BCUT2D eigenvalue weighted by Crippen LogP contribution is 2.66. The van der Waals surface area contributed by atoms with Crippen LogP contribution in [0.25, 0.3) is 0 Å². The second-order valence-electron chi connectivity index (χ2n) is 14.7. The number of halogens is 3. The van der Waals surface area contributed by atoms with E-state index >= 15 is 0 Å². The lowest BCUT2D eigenvalue weighted by Gasteiger charge is -2.59. The second kappa shape index (κ2) is 10.3. The summed E-state index contributed by atoms with van der Waals surface area (Å²) in [6, 6.07) is -1.65. The van der Waals surface area contributed by atoms with Gasteiger partial charge in [-0.25, -0.2) is 0 Å². The molecule has 5 aliphatic carbocycles. The van der Waals surface area contributed by atoms with Gasteiger partial charge >= 0.3 is 12.1 Å². The molecule has 7 atom stereocenters. The Morgan fingerprint density at radius 2 is 1.72 bits per heavy atom. The molecule has 5 saturated carbocycles. The highest BCUT2D eigenvalue weighted by molar-refractivity contribution is 5.95. The molecule has 4 bridgehead atoms. The molecule has 3 N–H and O–H groups in total. The van der Waals surface area contributed by atoms with Crippen LogP contribution in [0.5, 0.6) is 0 Å². The first-order chi connectivity index (χ1) is 20.1. The Balaban J connectivity index is 1.25. The summed E-state index contributed by atoms with van der Waals surface area (Å²) in [5.74, 6) is -3.12. The number of alkyl halides is 3. The quantitative estimate of drug-likeness (QED) is 0.405. The molecule has 4 amide bonds. The third-order valence-corrected chi connectivity index (χ3v) is 11.4. The first-order valence-electron chi connectivity index (χ1n) is 15.4. The van der Waals surface area contributed by atoms with Gasteiger partial charge in [-0.1, -0.05) is 13.8 Å². The molecular weight excluding hydrogens is 567 g/mol. The summed E-state index contributed by atoms with van der Waals surface area (Å²) in [4.78, 5) is 54.2. The van der Waals surface area contributed by atoms with Crippen molar-refractivity contribution in [2.24, 2.45) is 40.4 Å². The fourth-order valence-electron chi connectivity index (χ4n) is 9.70. The molecule has 0 aromatic rings. The Labute approximate surface area is 248 Å². The lowest BCUT2D eigenvalue weighted by molar-refractivity contribution is -0.179. The average molecular weight is 608 g/mol. The van der Waals surface area contributed by atoms with Crippen LogP contribution in [-0.2, 0) is 23.9 Å². The fraction of sp³-hybridized carbons (Fsp3) is 0.833. The van der Waals surface area contributed by atoms with Gasteiger partial charge in [-0.2, -0.15) is 18.4 Å². The number of piperidine rings is 1. The minimum absolute atomic E-state index is 0.0444. The van der Waals surface area contributed by atoms with Crippen molar-refractivity contribution in [1.82, 2.24) is 20.9 Å². The van der Waals surface area contributed by atoms with Gasteiger partial charge in [0.15, 0.2) is 0 Å². The van der Waals surface area contributed by atoms with Crippen molar-refractivity contribution in [2.45, 2.75) is 102 Å². The monoisotopic (exact) mass is 607 g/mol. The maximum Gasteiger partial charge on any atom is 0.471 e. The van der Waals surface area contributed by atoms with Gasteiger partial charge in [0.05, 0.1) is 12.7 Å². The number of morpholine rings is 1. The highest BCUT2D eigenvalue weighted by Gasteiger charge is 2.70. The van der Waals surface area contributed by atoms with Crippen LogP contribution in [0.1, 0.15) is 65.7 Å². The number of ether oxygens (including phenoxy) is 1. The van der Waals surface area contributed by atoms with Crippen molar-refractivity contribution in [2.75, 3.05) is 13.2 Å². The Kier molecular flexibility index (Phi) is 7.26. The van der Waals surface area contributed by atoms with Crippen LogP contribution in [-0.4, -0.2) is 78.1 Å². The number of carbonyl (C=O) groups excluding carboxylic acids is 4. The number of fused-ring (bicyclic) bond motifs is 1. The predicted molar refractivity (Wildman–Crippen MR) is 144 cm³/mol. The van der Waals surface area contributed by atoms with Crippen LogP contribution in [0.2, 0.25) is 0 Å². The summed E-state index contributed by atoms with van der Waals surface area (Å²) in [7, 11) is 0. The molecule has 3 unspecified atom stereocenters. The van der Waals surface area contributed by atoms with Crippen molar-refractivity contribution >= 4 is 23.6 Å². The van der Waals surface area contributed by atoms with E-state index in [2.05, 4.69) is 16.0 Å². The van der Waals surface area contributed by atoms with Gasteiger partial charge in [-0.15, -0.1) is 0 Å². The van der Waals surface area contributed by atoms with Crippen LogP contribution in [0.15, 0.2) is 0 Å². The van der Waals surface area contributed by atoms with Gasteiger partial charge in [0.1, 0.15) is 24.2 Å². The summed E-state index contributed by atoms with van der Waals surface area (Å²) in [6.07, 6.45) is -1.44. The van der Waals surface area contributed by atoms with E-state index < -0.39 is 53.5 Å². The minimum atomic E-state index is -5.15. The van der Waals surface area contributed by atoms with E-state index in [9.17, 15) is 37.6 Å². The normalized spacial score (nSPS) is 40.1. The van der Waals surface area contributed by atoms with Crippen molar-refractivity contribution in [3.05, 3.63) is 0 Å². The number of likely N-dealkylation sites (tertiary alicyclic amines) is 1. The van der Waals surface area contributed by atoms with Crippen LogP contribution in [0.3, 0.4) is 0 Å². The summed E-state index contributed by atoms with van der Waals surface area (Å²) in [5.41, 5.74) is -1.07. The Bertz CT molecular complexity index is 1210. The summed E-state index contributed by atoms with van der Waals surface area (Å²) < 4.78 is 46.2. The van der Waals surface area contributed by atoms with Crippen LogP contribution in [0.4, 0.5) is 13.2 Å². The SMILES string of the molecule is CC1COC(C[C@@H](C#N)NC(=O)[C@@H]2[C@@H]3[C@H](CN2C(=O)C(NC(=O)C(F)(F)F)C24CC5CC(CC(C5)C2)C4)C3(C)C)C(=O)N1. The van der Waals surface area contributed by atoms with Crippen molar-refractivity contribution in [1.29, 1.82) is 5.26 Å². The van der Waals surface area contributed by atoms with E-state index in [1.165, 1.54) is 4.90 Å². The molecule has 13 heteroatoms. The van der Waals surface area contributed by atoms with E-state index in [1.807, 2.05) is 19.9 Å². The fourth-order valence-corrected chi connectivity index (χ4v) is 9.70. The van der Waals surface area contributed by atoms with Gasteiger partial charge in [-0.3, -0.25) is 19.2 Å². The number of nitrogens with one attached hydrogen (secondary N) is 3. The average Bonchev–Trinajstić information content (AvgIpc) is 3.23. The van der Waals surface area contributed by atoms with Crippen LogP contribution >= 0.6 is 0 Å². The number of nitriles is 1. The molecule has 7 aliphatic rings. The molecule has 2 heterocycles. The zero-order chi connectivity index (χ0) is 31.1. The molecule has 0 aromatic carbocycles. The van der Waals surface area contributed by atoms with Gasteiger partial charge in [0, 0.05) is 24.4 Å². The second-order valence-corrected chi connectivity index (χ2v) is 14.7. The van der Waals surface area contributed by atoms with Crippen molar-refractivity contribution in [3.8, 4) is 6.07 Å². The van der Waals surface area contributed by atoms with E-state index in [0.29, 0.717) is 37.0 Å². The smallest absolute Gasteiger partial charge is 0.366 e. The van der Waals surface area contributed by atoms with Crippen molar-refractivity contribution < 1.29 is 37.1 Å². The maximum atomic E-state index is 14.4. The van der Waals surface area contributed by atoms with E-state index in [4.69, 9.17) is 4.74 Å². The predicted octanol–water partition coefficient (Wildman–Crippen LogP) is 2.03. The minimum Gasteiger partial charge on any atom is -0.366 e. The number of hydrogen-bond donors (Lipinski definition) is 3. The lowest BCUT2D eigenvalue weighted by atomic mass is 9.47. The Hall–Kier alpha value is -2.88. The Morgan fingerprint density at radius 3 is 2.26 bits per heavy atom. The number of carbonyl (C=O) groups is 4. The van der Waals surface area contributed by atoms with E-state index in [0.717, 1.165) is 19.3 Å².